The topological polar surface area (TPSA) is 26.3 Å². The molecule has 0 saturated heterocycles. The van der Waals surface area contributed by atoms with E-state index in [1.54, 1.807) is 7.11 Å². The molecule has 0 atom stereocenters. The van der Waals surface area contributed by atoms with Crippen LogP contribution in [-0.4, -0.2) is 18.0 Å². The van der Waals surface area contributed by atoms with Gasteiger partial charge < -0.3 is 4.74 Å². The number of methoxy groups -OCH3 is 1. The number of thioether (sulfide) groups is 1. The fourth-order valence-corrected chi connectivity index (χ4v) is 5.91. The van der Waals surface area contributed by atoms with Gasteiger partial charge in [-0.25, -0.2) is 0 Å². The van der Waals surface area contributed by atoms with E-state index in [0.717, 1.165) is 29.1 Å². The first-order valence-corrected chi connectivity index (χ1v) is 12.6. The molecular formula is C31H28O2S. The smallest absolute Gasteiger partial charge is 0.219 e. The molecule has 0 aliphatic heterocycles. The van der Waals surface area contributed by atoms with E-state index >= 15 is 0 Å². The average molecular weight is 465 g/mol. The van der Waals surface area contributed by atoms with Crippen LogP contribution in [0.15, 0.2) is 84.9 Å². The van der Waals surface area contributed by atoms with E-state index in [9.17, 15) is 4.79 Å². The molecule has 0 N–H and O–H groups in total. The van der Waals surface area contributed by atoms with Crippen molar-refractivity contribution in [1.82, 2.24) is 0 Å². The number of ether oxygens (including phenoxy) is 1. The Kier molecular flexibility index (Phi) is 6.30. The van der Waals surface area contributed by atoms with Gasteiger partial charge in [-0.2, -0.15) is 0 Å². The minimum Gasteiger partial charge on any atom is -0.496 e. The minimum atomic E-state index is 0.122. The highest BCUT2D eigenvalue weighted by Crippen LogP contribution is 2.46. The maximum absolute atomic E-state index is 13.0. The maximum Gasteiger partial charge on any atom is 0.219 e. The molecule has 0 spiro atoms. The lowest BCUT2D eigenvalue weighted by Crippen LogP contribution is -2.04. The molecule has 170 valence electrons. The lowest BCUT2D eigenvalue weighted by molar-refractivity contribution is 0.108. The molecule has 0 radical (unpaired) electrons. The van der Waals surface area contributed by atoms with Crippen LogP contribution in [0, 0.1) is 13.8 Å². The molecule has 4 aromatic carbocycles. The Balaban J connectivity index is 1.28. The summed E-state index contributed by atoms with van der Waals surface area (Å²) in [6, 6.07) is 29.4. The maximum atomic E-state index is 13.0. The summed E-state index contributed by atoms with van der Waals surface area (Å²) in [5, 5.41) is 0.122. The molecule has 0 fully saturated rings. The van der Waals surface area contributed by atoms with Gasteiger partial charge in [0.05, 0.1) is 7.11 Å². The second-order valence-electron chi connectivity index (χ2n) is 8.90. The van der Waals surface area contributed by atoms with E-state index in [2.05, 4.69) is 86.6 Å². The van der Waals surface area contributed by atoms with Gasteiger partial charge in [0.1, 0.15) is 5.75 Å². The molecule has 5 rings (SSSR count). The molecule has 0 heterocycles. The first kappa shape index (κ1) is 22.5. The zero-order chi connectivity index (χ0) is 23.7. The third-order valence-electron chi connectivity index (χ3n) is 6.89. The fourth-order valence-electron chi connectivity index (χ4n) is 4.93. The first-order chi connectivity index (χ1) is 16.6. The monoisotopic (exact) mass is 464 g/mol. The second kappa shape index (κ2) is 9.52. The Labute approximate surface area is 206 Å². The molecule has 34 heavy (non-hydrogen) atoms. The Morgan fingerprint density at radius 1 is 0.824 bits per heavy atom. The lowest BCUT2D eigenvalue weighted by Gasteiger charge is -2.14. The van der Waals surface area contributed by atoms with Gasteiger partial charge in [0, 0.05) is 23.7 Å². The number of hydrogen-bond donors (Lipinski definition) is 0. The van der Waals surface area contributed by atoms with Crippen molar-refractivity contribution < 1.29 is 9.53 Å². The van der Waals surface area contributed by atoms with Gasteiger partial charge >= 0.3 is 0 Å². The second-order valence-corrected chi connectivity index (χ2v) is 9.89. The van der Waals surface area contributed by atoms with Crippen molar-refractivity contribution in [2.45, 2.75) is 26.2 Å². The highest BCUT2D eigenvalue weighted by atomic mass is 32.2. The molecule has 0 amide bonds. The molecular weight excluding hydrogens is 436 g/mol. The van der Waals surface area contributed by atoms with Crippen LogP contribution in [-0.2, 0) is 6.42 Å². The Morgan fingerprint density at radius 3 is 2.06 bits per heavy atom. The van der Waals surface area contributed by atoms with Crippen molar-refractivity contribution in [3.8, 4) is 16.9 Å². The molecule has 0 bridgehead atoms. The van der Waals surface area contributed by atoms with Crippen LogP contribution >= 0.6 is 11.8 Å². The zero-order valence-electron chi connectivity index (χ0n) is 19.8. The highest BCUT2D eigenvalue weighted by Gasteiger charge is 2.28. The molecule has 0 saturated carbocycles. The normalized spacial score (nSPS) is 12.3. The standard InChI is InChI=1S/C31H28O2S/c1-20-12-15-24(30(33-3)21(20)2)18-22-13-16-23(17-14-22)31(32)34-19-29-27-10-6-4-8-25(27)26-9-5-7-11-28(26)29/h4-17,29H,18-19H2,1-3H3. The van der Waals surface area contributed by atoms with Crippen LogP contribution < -0.4 is 4.74 Å². The largest absolute Gasteiger partial charge is 0.496 e. The van der Waals surface area contributed by atoms with Crippen LogP contribution in [0.1, 0.15) is 49.7 Å². The van der Waals surface area contributed by atoms with Crippen molar-refractivity contribution in [3.05, 3.63) is 124 Å². The summed E-state index contributed by atoms with van der Waals surface area (Å²) >= 11 is 1.41. The number of carbonyl (C=O) groups is 1. The summed E-state index contributed by atoms with van der Waals surface area (Å²) in [7, 11) is 1.73. The van der Waals surface area contributed by atoms with Gasteiger partial charge in [0.15, 0.2) is 0 Å². The number of fused-ring (bicyclic) bond motifs is 3. The first-order valence-electron chi connectivity index (χ1n) is 11.6. The minimum absolute atomic E-state index is 0.122. The van der Waals surface area contributed by atoms with E-state index in [4.69, 9.17) is 4.74 Å². The molecule has 1 aliphatic rings. The van der Waals surface area contributed by atoms with E-state index in [1.807, 2.05) is 12.1 Å². The van der Waals surface area contributed by atoms with Crippen LogP contribution in [0.5, 0.6) is 5.75 Å². The van der Waals surface area contributed by atoms with Gasteiger partial charge in [-0.3, -0.25) is 4.79 Å². The van der Waals surface area contributed by atoms with Crippen molar-refractivity contribution in [2.24, 2.45) is 0 Å². The Hall–Kier alpha value is -3.30. The summed E-state index contributed by atoms with van der Waals surface area (Å²) in [6.45, 7) is 4.19. The van der Waals surface area contributed by atoms with Crippen molar-refractivity contribution in [2.75, 3.05) is 12.9 Å². The number of rotatable bonds is 6. The molecule has 0 unspecified atom stereocenters. The van der Waals surface area contributed by atoms with Crippen LogP contribution in [0.2, 0.25) is 0 Å². The Bertz CT molecular complexity index is 1310. The molecule has 2 nitrogen and oxygen atoms in total. The predicted molar refractivity (Wildman–Crippen MR) is 142 cm³/mol. The summed E-state index contributed by atoms with van der Waals surface area (Å²) in [6.07, 6.45) is 0.779. The fraction of sp³-hybridized carbons (Fsp3) is 0.194. The zero-order valence-corrected chi connectivity index (χ0v) is 20.6. The van der Waals surface area contributed by atoms with Crippen LogP contribution in [0.25, 0.3) is 11.1 Å². The number of aryl methyl sites for hydroxylation is 1. The molecule has 0 aromatic heterocycles. The molecule has 3 heteroatoms. The summed E-state index contributed by atoms with van der Waals surface area (Å²) in [5.41, 5.74) is 10.7. The summed E-state index contributed by atoms with van der Waals surface area (Å²) in [5.74, 6) is 1.94. The van der Waals surface area contributed by atoms with E-state index < -0.39 is 0 Å². The van der Waals surface area contributed by atoms with E-state index in [-0.39, 0.29) is 11.0 Å². The van der Waals surface area contributed by atoms with Gasteiger partial charge in [-0.05, 0) is 58.4 Å². The number of hydrogen-bond acceptors (Lipinski definition) is 3. The van der Waals surface area contributed by atoms with Crippen molar-refractivity contribution >= 4 is 16.9 Å². The van der Waals surface area contributed by atoms with Crippen molar-refractivity contribution in [3.63, 3.8) is 0 Å². The van der Waals surface area contributed by atoms with E-state index in [1.165, 1.54) is 50.7 Å². The third kappa shape index (κ3) is 4.17. The third-order valence-corrected chi connectivity index (χ3v) is 7.89. The lowest BCUT2D eigenvalue weighted by atomic mass is 9.98. The molecule has 1 aliphatic carbocycles. The quantitative estimate of drug-likeness (QED) is 0.294. The van der Waals surface area contributed by atoms with E-state index in [0.29, 0.717) is 0 Å². The van der Waals surface area contributed by atoms with Gasteiger partial charge in [0.2, 0.25) is 5.12 Å². The summed E-state index contributed by atoms with van der Waals surface area (Å²) in [4.78, 5) is 13.0. The summed E-state index contributed by atoms with van der Waals surface area (Å²) < 4.78 is 5.66. The average Bonchev–Trinajstić information content (AvgIpc) is 3.19. The van der Waals surface area contributed by atoms with Crippen LogP contribution in [0.4, 0.5) is 0 Å². The number of benzene rings is 4. The van der Waals surface area contributed by atoms with Gasteiger partial charge in [-0.15, -0.1) is 0 Å². The predicted octanol–water partition coefficient (Wildman–Crippen LogP) is 7.59. The van der Waals surface area contributed by atoms with Gasteiger partial charge in [0.25, 0.3) is 0 Å². The highest BCUT2D eigenvalue weighted by molar-refractivity contribution is 8.14. The molecule has 4 aromatic rings. The van der Waals surface area contributed by atoms with Crippen molar-refractivity contribution in [1.29, 1.82) is 0 Å². The number of carbonyl (C=O) groups excluding carboxylic acids is 1. The van der Waals surface area contributed by atoms with Gasteiger partial charge in [-0.1, -0.05) is 96.7 Å². The Morgan fingerprint density at radius 2 is 1.44 bits per heavy atom. The van der Waals surface area contributed by atoms with Crippen LogP contribution in [0.3, 0.4) is 0 Å². The SMILES string of the molecule is COc1c(Cc2ccc(C(=O)SCC3c4ccccc4-c4ccccc43)cc2)ccc(C)c1C.